The number of rotatable bonds is 7. The third kappa shape index (κ3) is 6.73. The maximum Gasteiger partial charge on any atom is 0.225 e. The van der Waals surface area contributed by atoms with Crippen molar-refractivity contribution in [3.63, 3.8) is 0 Å². The van der Waals surface area contributed by atoms with Gasteiger partial charge in [0.1, 0.15) is 0 Å². The van der Waals surface area contributed by atoms with Crippen LogP contribution in [0.2, 0.25) is 0 Å². The lowest BCUT2D eigenvalue weighted by atomic mass is 9.96. The minimum Gasteiger partial charge on any atom is -0.356 e. The van der Waals surface area contributed by atoms with E-state index < -0.39 is 0 Å². The molecule has 1 rings (SSSR count). The maximum absolute atomic E-state index is 12.0. The predicted octanol–water partition coefficient (Wildman–Crippen LogP) is 3.93. The number of carbonyl (C=O) groups excluding carboxylic acids is 2. The second-order valence-corrected chi connectivity index (χ2v) is 7.72. The van der Waals surface area contributed by atoms with Crippen molar-refractivity contribution >= 4 is 11.8 Å². The molecule has 1 atom stereocenters. The smallest absolute Gasteiger partial charge is 0.225 e. The Morgan fingerprint density at radius 1 is 1.00 bits per heavy atom. The number of benzene rings is 1. The molecule has 4 nitrogen and oxygen atoms in total. The molecule has 0 heterocycles. The van der Waals surface area contributed by atoms with E-state index >= 15 is 0 Å². The Hall–Kier alpha value is -1.84. The first-order chi connectivity index (χ1) is 11.1. The van der Waals surface area contributed by atoms with Gasteiger partial charge >= 0.3 is 0 Å². The van der Waals surface area contributed by atoms with Crippen LogP contribution in [0.5, 0.6) is 0 Å². The molecule has 0 aliphatic heterocycles. The van der Waals surface area contributed by atoms with Crippen molar-refractivity contribution in [2.24, 2.45) is 5.41 Å². The summed E-state index contributed by atoms with van der Waals surface area (Å²) in [6.45, 7) is 12.5. The summed E-state index contributed by atoms with van der Waals surface area (Å²) in [5, 5.41) is 5.87. The summed E-state index contributed by atoms with van der Waals surface area (Å²) in [6, 6.07) is 8.37. The van der Waals surface area contributed by atoms with Crippen LogP contribution in [0.1, 0.15) is 77.5 Å². The van der Waals surface area contributed by atoms with E-state index in [2.05, 4.69) is 48.7 Å². The van der Waals surface area contributed by atoms with Gasteiger partial charge < -0.3 is 10.6 Å². The summed E-state index contributed by atoms with van der Waals surface area (Å²) in [4.78, 5) is 23.8. The van der Waals surface area contributed by atoms with Gasteiger partial charge in [0, 0.05) is 18.4 Å². The molecule has 2 amide bonds. The average Bonchev–Trinajstić information content (AvgIpc) is 2.50. The number of carbonyl (C=O) groups is 2. The Morgan fingerprint density at radius 2 is 1.54 bits per heavy atom. The lowest BCUT2D eigenvalue weighted by Gasteiger charge is -2.18. The molecule has 0 radical (unpaired) electrons. The van der Waals surface area contributed by atoms with E-state index in [1.807, 2.05) is 27.7 Å². The van der Waals surface area contributed by atoms with E-state index in [1.165, 1.54) is 5.56 Å². The summed E-state index contributed by atoms with van der Waals surface area (Å²) >= 11 is 0. The van der Waals surface area contributed by atoms with Crippen LogP contribution < -0.4 is 10.6 Å². The third-order valence-corrected chi connectivity index (χ3v) is 4.03. The molecule has 0 saturated heterocycles. The summed E-state index contributed by atoms with van der Waals surface area (Å²) in [6.07, 6.45) is 1.06. The summed E-state index contributed by atoms with van der Waals surface area (Å²) in [5.41, 5.74) is 2.01. The van der Waals surface area contributed by atoms with Gasteiger partial charge in [0.05, 0.1) is 6.04 Å². The zero-order chi connectivity index (χ0) is 18.3. The van der Waals surface area contributed by atoms with Gasteiger partial charge in [0.25, 0.3) is 0 Å². The fraction of sp³-hybridized carbons (Fsp3) is 0.600. The zero-order valence-electron chi connectivity index (χ0n) is 15.9. The highest BCUT2D eigenvalue weighted by atomic mass is 16.2. The number of hydrogen-bond acceptors (Lipinski definition) is 2. The Labute approximate surface area is 146 Å². The monoisotopic (exact) mass is 332 g/mol. The molecule has 1 aromatic rings. The van der Waals surface area contributed by atoms with Gasteiger partial charge in [-0.2, -0.15) is 0 Å². The van der Waals surface area contributed by atoms with Crippen LogP contribution in [0, 0.1) is 5.41 Å². The third-order valence-electron chi connectivity index (χ3n) is 4.03. The molecule has 24 heavy (non-hydrogen) atoms. The number of amides is 2. The molecule has 0 spiro atoms. The Bertz CT molecular complexity index is 542. The van der Waals surface area contributed by atoms with E-state index in [-0.39, 0.29) is 23.3 Å². The molecule has 0 aliphatic carbocycles. The van der Waals surface area contributed by atoms with Crippen LogP contribution in [0.15, 0.2) is 24.3 Å². The highest BCUT2D eigenvalue weighted by Gasteiger charge is 2.20. The van der Waals surface area contributed by atoms with Crippen LogP contribution >= 0.6 is 0 Å². The molecule has 1 aromatic carbocycles. The molecular weight excluding hydrogens is 300 g/mol. The minimum absolute atomic E-state index is 0.0112. The van der Waals surface area contributed by atoms with Crippen molar-refractivity contribution in [3.8, 4) is 0 Å². The first kappa shape index (κ1) is 20.2. The first-order valence-electron chi connectivity index (χ1n) is 8.78. The van der Waals surface area contributed by atoms with Gasteiger partial charge in [-0.05, 0) is 30.4 Å². The summed E-state index contributed by atoms with van der Waals surface area (Å²) in [7, 11) is 0. The van der Waals surface area contributed by atoms with Gasteiger partial charge in [-0.15, -0.1) is 0 Å². The average molecular weight is 332 g/mol. The molecule has 0 aromatic heterocycles. The first-order valence-corrected chi connectivity index (χ1v) is 8.78. The quantitative estimate of drug-likeness (QED) is 0.743. The Morgan fingerprint density at radius 3 is 2.04 bits per heavy atom. The summed E-state index contributed by atoms with van der Waals surface area (Å²) < 4.78 is 0. The maximum atomic E-state index is 12.0. The topological polar surface area (TPSA) is 58.2 Å². The molecule has 0 aliphatic rings. The predicted molar refractivity (Wildman–Crippen MR) is 98.8 cm³/mol. The second-order valence-electron chi connectivity index (χ2n) is 7.72. The molecular formula is C20H32N2O2. The van der Waals surface area contributed by atoms with Crippen molar-refractivity contribution in [2.75, 3.05) is 6.54 Å². The number of nitrogens with one attached hydrogen (secondary N) is 2. The van der Waals surface area contributed by atoms with E-state index in [0.717, 1.165) is 5.56 Å². The molecule has 2 N–H and O–H groups in total. The van der Waals surface area contributed by atoms with Crippen molar-refractivity contribution in [1.82, 2.24) is 10.6 Å². The van der Waals surface area contributed by atoms with Crippen LogP contribution in [-0.4, -0.2) is 18.4 Å². The zero-order valence-corrected chi connectivity index (χ0v) is 15.9. The van der Waals surface area contributed by atoms with Crippen LogP contribution in [0.25, 0.3) is 0 Å². The molecule has 134 valence electrons. The standard InChI is InChI=1S/C20H32N2O2/c1-14(2)16-9-11-17(12-10-16)15(3)22-18(23)8-7-13-21-19(24)20(4,5)6/h9-12,14-15H,7-8,13H2,1-6H3,(H,21,24)(H,22,23)/t15-/m0/s1. The fourth-order valence-corrected chi connectivity index (χ4v) is 2.28. The van der Waals surface area contributed by atoms with Crippen molar-refractivity contribution in [1.29, 1.82) is 0 Å². The van der Waals surface area contributed by atoms with E-state index in [1.54, 1.807) is 0 Å². The largest absolute Gasteiger partial charge is 0.356 e. The lowest BCUT2D eigenvalue weighted by Crippen LogP contribution is -2.36. The second kappa shape index (κ2) is 8.86. The van der Waals surface area contributed by atoms with Crippen molar-refractivity contribution in [3.05, 3.63) is 35.4 Å². The van der Waals surface area contributed by atoms with E-state index in [4.69, 9.17) is 0 Å². The number of hydrogen-bond donors (Lipinski definition) is 2. The van der Waals surface area contributed by atoms with Gasteiger partial charge in [-0.3, -0.25) is 9.59 Å². The fourth-order valence-electron chi connectivity index (χ4n) is 2.28. The van der Waals surface area contributed by atoms with E-state index in [0.29, 0.717) is 25.3 Å². The minimum atomic E-state index is -0.390. The van der Waals surface area contributed by atoms with E-state index in [9.17, 15) is 9.59 Å². The van der Waals surface area contributed by atoms with Crippen LogP contribution in [-0.2, 0) is 9.59 Å². The van der Waals surface area contributed by atoms with Gasteiger partial charge in [-0.1, -0.05) is 58.9 Å². The molecule has 0 bridgehead atoms. The lowest BCUT2D eigenvalue weighted by molar-refractivity contribution is -0.128. The normalized spacial score (nSPS) is 12.8. The summed E-state index contributed by atoms with van der Waals surface area (Å²) in [5.74, 6) is 0.536. The van der Waals surface area contributed by atoms with Crippen molar-refractivity contribution < 1.29 is 9.59 Å². The van der Waals surface area contributed by atoms with Crippen molar-refractivity contribution in [2.45, 2.75) is 66.3 Å². The SMILES string of the molecule is CC(C)c1ccc([C@H](C)NC(=O)CCCNC(=O)C(C)(C)C)cc1. The Balaban J connectivity index is 2.35. The molecule has 4 heteroatoms. The molecule has 0 unspecified atom stereocenters. The highest BCUT2D eigenvalue weighted by Crippen LogP contribution is 2.18. The van der Waals surface area contributed by atoms with Gasteiger partial charge in [0.2, 0.25) is 11.8 Å². The van der Waals surface area contributed by atoms with Gasteiger partial charge in [0.15, 0.2) is 0 Å². The molecule has 0 fully saturated rings. The van der Waals surface area contributed by atoms with Gasteiger partial charge in [-0.25, -0.2) is 0 Å². The Kier molecular flexibility index (Phi) is 7.46. The van der Waals surface area contributed by atoms with Crippen LogP contribution in [0.3, 0.4) is 0 Å². The highest BCUT2D eigenvalue weighted by molar-refractivity contribution is 5.81. The van der Waals surface area contributed by atoms with Crippen LogP contribution in [0.4, 0.5) is 0 Å². The molecule has 0 saturated carbocycles.